The maximum absolute atomic E-state index is 13.0. The first kappa shape index (κ1) is 24.3. The number of carbonyl (C=O) groups is 3. The lowest BCUT2D eigenvalue weighted by atomic mass is 10.0. The molecule has 0 spiro atoms. The van der Waals surface area contributed by atoms with Crippen LogP contribution in [-0.2, 0) is 43.3 Å². The van der Waals surface area contributed by atoms with Crippen LogP contribution in [0.15, 0.2) is 65.9 Å². The van der Waals surface area contributed by atoms with E-state index in [0.717, 1.165) is 11.1 Å². The van der Waals surface area contributed by atoms with E-state index < -0.39 is 34.5 Å². The third kappa shape index (κ3) is 4.98. The van der Waals surface area contributed by atoms with E-state index in [2.05, 4.69) is 21.2 Å². The summed E-state index contributed by atoms with van der Waals surface area (Å²) in [6.07, 6.45) is 0.100. The molecule has 0 saturated carbocycles. The molecule has 0 aliphatic carbocycles. The maximum atomic E-state index is 13.0. The van der Waals surface area contributed by atoms with Gasteiger partial charge in [0.05, 0.1) is 13.5 Å². The average molecular weight is 547 g/mol. The number of halogens is 1. The van der Waals surface area contributed by atoms with Crippen LogP contribution in [0.5, 0.6) is 5.75 Å². The van der Waals surface area contributed by atoms with Crippen LogP contribution in [-0.4, -0.2) is 56.8 Å². The summed E-state index contributed by atoms with van der Waals surface area (Å²) >= 11 is 1.85. The zero-order chi connectivity index (χ0) is 24.2. The van der Waals surface area contributed by atoms with Crippen molar-refractivity contribution in [2.45, 2.75) is 24.4 Å². The number of amides is 2. The van der Waals surface area contributed by atoms with Gasteiger partial charge < -0.3 is 19.3 Å². The van der Waals surface area contributed by atoms with Gasteiger partial charge in [-0.2, -0.15) is 0 Å². The Kier molecular flexibility index (Phi) is 7.60. The van der Waals surface area contributed by atoms with Gasteiger partial charge in [0.15, 0.2) is 6.04 Å². The number of rotatable bonds is 8. The number of fused-ring (bicyclic) bond motifs is 1. The summed E-state index contributed by atoms with van der Waals surface area (Å²) in [5.74, 6) is -0.704. The van der Waals surface area contributed by atoms with Gasteiger partial charge >= 0.3 is 5.97 Å². The normalized spacial score (nSPS) is 21.4. The van der Waals surface area contributed by atoms with E-state index in [-0.39, 0.29) is 35.7 Å². The second-order valence-corrected chi connectivity index (χ2v) is 9.94. The summed E-state index contributed by atoms with van der Waals surface area (Å²) < 4.78 is 23.5. The van der Waals surface area contributed by atoms with Crippen molar-refractivity contribution >= 4 is 44.9 Å². The van der Waals surface area contributed by atoms with E-state index in [0.29, 0.717) is 11.3 Å². The van der Waals surface area contributed by atoms with Crippen LogP contribution in [0.2, 0.25) is 0 Å². The minimum atomic E-state index is -1.47. The average Bonchev–Trinajstić information content (AvgIpc) is 2.86. The molecule has 0 aromatic heterocycles. The molecule has 0 radical (unpaired) electrons. The first-order valence-corrected chi connectivity index (χ1v) is 13.0. The van der Waals surface area contributed by atoms with Crippen LogP contribution >= 0.6 is 15.9 Å². The van der Waals surface area contributed by atoms with Gasteiger partial charge in [0.1, 0.15) is 23.8 Å². The van der Waals surface area contributed by atoms with Crippen molar-refractivity contribution in [1.29, 1.82) is 0 Å². The summed E-state index contributed by atoms with van der Waals surface area (Å²) in [5.41, 5.74) is 2.18. The summed E-state index contributed by atoms with van der Waals surface area (Å²) in [6.45, 7) is 0.00885. The predicted molar refractivity (Wildman–Crippen MR) is 129 cm³/mol. The quantitative estimate of drug-likeness (QED) is 0.235. The molecule has 2 aromatic carbocycles. The number of benzene rings is 2. The van der Waals surface area contributed by atoms with E-state index >= 15 is 0 Å². The molecule has 2 aliphatic heterocycles. The number of nitrogens with zero attached hydrogens (tertiary/aromatic N) is 1. The highest BCUT2D eigenvalue weighted by Crippen LogP contribution is 2.37. The predicted octanol–water partition coefficient (Wildman–Crippen LogP) is 2.05. The number of carbonyl (C=O) groups excluding carboxylic acids is 3. The molecular formula is C24H23BrN2O6S. The van der Waals surface area contributed by atoms with Crippen molar-refractivity contribution < 1.29 is 28.4 Å². The zero-order valence-electron chi connectivity index (χ0n) is 18.4. The molecule has 8 nitrogen and oxygen atoms in total. The Bertz CT molecular complexity index is 1110. The van der Waals surface area contributed by atoms with E-state index in [1.54, 1.807) is 31.4 Å². The largest absolute Gasteiger partial charge is 0.614 e. The van der Waals surface area contributed by atoms with Gasteiger partial charge in [-0.05, 0) is 34.4 Å². The molecule has 2 amide bonds. The molecule has 10 heteroatoms. The molecule has 34 heavy (non-hydrogen) atoms. The van der Waals surface area contributed by atoms with Gasteiger partial charge in [0.2, 0.25) is 11.3 Å². The van der Waals surface area contributed by atoms with E-state index in [9.17, 15) is 18.9 Å². The Morgan fingerprint density at radius 2 is 1.85 bits per heavy atom. The lowest BCUT2D eigenvalue weighted by molar-refractivity contribution is -0.153. The number of alkyl halides is 1. The molecule has 0 bridgehead atoms. The fraction of sp³-hybridized carbons (Fsp3) is 0.292. The lowest BCUT2D eigenvalue weighted by Gasteiger charge is -2.49. The number of hydrogen-bond donors (Lipinski definition) is 1. The lowest BCUT2D eigenvalue weighted by Crippen LogP contribution is -2.75. The van der Waals surface area contributed by atoms with E-state index in [4.69, 9.17) is 9.47 Å². The monoisotopic (exact) mass is 546 g/mol. The first-order chi connectivity index (χ1) is 16.4. The molecule has 4 rings (SSSR count). The van der Waals surface area contributed by atoms with Crippen LogP contribution in [0, 0.1) is 0 Å². The fourth-order valence-electron chi connectivity index (χ4n) is 3.89. The van der Waals surface area contributed by atoms with Gasteiger partial charge in [-0.3, -0.25) is 14.5 Å². The van der Waals surface area contributed by atoms with Crippen molar-refractivity contribution in [3.8, 4) is 5.75 Å². The highest BCUT2D eigenvalue weighted by molar-refractivity contribution is 9.09. The van der Waals surface area contributed by atoms with E-state index in [1.165, 1.54) is 4.90 Å². The van der Waals surface area contributed by atoms with Crippen LogP contribution in [0.25, 0.3) is 0 Å². The third-order valence-electron chi connectivity index (χ3n) is 5.61. The number of methoxy groups -OCH3 is 1. The molecule has 1 saturated heterocycles. The summed E-state index contributed by atoms with van der Waals surface area (Å²) in [6, 6.07) is 15.2. The third-order valence-corrected chi connectivity index (χ3v) is 7.94. The minimum absolute atomic E-state index is 0.00885. The molecule has 1 fully saturated rings. The SMILES string of the molecule is COc1ccc(COC(=O)C2=C(CBr)C[S+]([O-])[C@H]3C(NC(=O)Cc4ccccc4)C(=O)N23)cc1. The van der Waals surface area contributed by atoms with Crippen molar-refractivity contribution in [2.24, 2.45) is 0 Å². The zero-order valence-corrected chi connectivity index (χ0v) is 20.8. The van der Waals surface area contributed by atoms with Crippen molar-refractivity contribution in [3.63, 3.8) is 0 Å². The van der Waals surface area contributed by atoms with Crippen molar-refractivity contribution in [3.05, 3.63) is 77.0 Å². The van der Waals surface area contributed by atoms with Crippen molar-refractivity contribution in [1.82, 2.24) is 10.2 Å². The number of esters is 1. The van der Waals surface area contributed by atoms with Gasteiger partial charge in [-0.1, -0.05) is 58.4 Å². The number of nitrogens with one attached hydrogen (secondary N) is 1. The minimum Gasteiger partial charge on any atom is -0.614 e. The van der Waals surface area contributed by atoms with Gasteiger partial charge in [-0.15, -0.1) is 0 Å². The Morgan fingerprint density at radius 1 is 1.15 bits per heavy atom. The molecule has 178 valence electrons. The topological polar surface area (TPSA) is 108 Å². The molecule has 1 N–H and O–H groups in total. The van der Waals surface area contributed by atoms with Crippen LogP contribution in [0.1, 0.15) is 11.1 Å². The molecule has 2 aliphatic rings. The molecule has 2 heterocycles. The highest BCUT2D eigenvalue weighted by atomic mass is 79.9. The van der Waals surface area contributed by atoms with Crippen LogP contribution in [0.4, 0.5) is 0 Å². The number of β-lactam (4-membered cyclic amide) rings is 1. The van der Waals surface area contributed by atoms with E-state index in [1.807, 2.05) is 30.3 Å². The van der Waals surface area contributed by atoms with Gasteiger partial charge in [0.25, 0.3) is 5.91 Å². The number of ether oxygens (including phenoxy) is 2. The highest BCUT2D eigenvalue weighted by Gasteiger charge is 2.61. The molecule has 3 atom stereocenters. The Hall–Kier alpha value is -2.82. The van der Waals surface area contributed by atoms with Gasteiger partial charge in [0, 0.05) is 10.9 Å². The summed E-state index contributed by atoms with van der Waals surface area (Å²) in [4.78, 5) is 39.6. The van der Waals surface area contributed by atoms with Gasteiger partial charge in [-0.25, -0.2) is 4.79 Å². The fourth-order valence-corrected chi connectivity index (χ4v) is 6.30. The Labute approximate surface area is 208 Å². The second-order valence-electron chi connectivity index (χ2n) is 7.84. The molecule has 2 unspecified atom stereocenters. The smallest absolute Gasteiger partial charge is 0.355 e. The Balaban J connectivity index is 1.45. The second kappa shape index (κ2) is 10.6. The first-order valence-electron chi connectivity index (χ1n) is 10.5. The summed E-state index contributed by atoms with van der Waals surface area (Å²) in [7, 11) is 1.56. The van der Waals surface area contributed by atoms with Crippen LogP contribution < -0.4 is 10.1 Å². The standard InChI is InChI=1S/C24H23BrN2O6S/c1-32-18-9-7-16(8-10-18)13-33-24(30)21-17(12-25)14-34(31)23-20(22(29)27(21)23)26-19(28)11-15-5-3-2-4-6-15/h2-10,20,23H,11-14H2,1H3,(H,26,28)/t20?,23-,34?/m0/s1. The molecule has 2 aromatic rings. The Morgan fingerprint density at radius 3 is 2.50 bits per heavy atom. The maximum Gasteiger partial charge on any atom is 0.355 e. The van der Waals surface area contributed by atoms with Crippen LogP contribution in [0.3, 0.4) is 0 Å². The summed E-state index contributed by atoms with van der Waals surface area (Å²) in [5, 5.41) is 2.15. The number of hydrogen-bond acceptors (Lipinski definition) is 6. The molecular weight excluding hydrogens is 524 g/mol. The van der Waals surface area contributed by atoms with Crippen molar-refractivity contribution in [2.75, 3.05) is 18.2 Å².